The monoisotopic (exact) mass is 387 g/mol. The van der Waals surface area contributed by atoms with Crippen molar-refractivity contribution in [3.63, 3.8) is 0 Å². The van der Waals surface area contributed by atoms with Gasteiger partial charge in [0.1, 0.15) is 5.67 Å². The molecular weight excluding hydrogens is 367 g/mol. The lowest BCUT2D eigenvalue weighted by atomic mass is 9.85. The van der Waals surface area contributed by atoms with Crippen molar-refractivity contribution in [1.82, 2.24) is 4.90 Å². The first-order valence-corrected chi connectivity index (χ1v) is 7.90. The lowest BCUT2D eigenvalue weighted by molar-refractivity contribution is -0.150. The van der Waals surface area contributed by atoms with E-state index in [9.17, 15) is 35.5 Å². The zero-order chi connectivity index (χ0) is 20.2. The Morgan fingerprint density at radius 2 is 1.69 bits per heavy atom. The molecule has 0 bridgehead atoms. The minimum absolute atomic E-state index is 0.148. The fourth-order valence-corrected chi connectivity index (χ4v) is 2.63. The quantitative estimate of drug-likeness (QED) is 0.464. The van der Waals surface area contributed by atoms with Crippen molar-refractivity contribution in [1.29, 1.82) is 0 Å². The van der Waals surface area contributed by atoms with Crippen LogP contribution in [-0.2, 0) is 4.79 Å². The molecule has 0 radical (unpaired) electrons. The third kappa shape index (κ3) is 6.49. The SMILES string of the molecule is C=C/C=C(\C=C(/C)C1(F)CCN(C(=O)CCC(F)(F)F)CC1)C(F)(F)F. The third-order valence-electron chi connectivity index (χ3n) is 4.23. The molecule has 0 aromatic carbocycles. The molecule has 0 aliphatic carbocycles. The van der Waals surface area contributed by atoms with Gasteiger partial charge in [0.15, 0.2) is 0 Å². The number of carbonyl (C=O) groups is 1. The summed E-state index contributed by atoms with van der Waals surface area (Å²) in [6.07, 6.45) is -9.29. The summed E-state index contributed by atoms with van der Waals surface area (Å²) in [5, 5.41) is 0. The normalized spacial score (nSPS) is 19.5. The van der Waals surface area contributed by atoms with Crippen LogP contribution in [0.15, 0.2) is 36.0 Å². The Morgan fingerprint density at radius 1 is 1.15 bits per heavy atom. The highest BCUT2D eigenvalue weighted by molar-refractivity contribution is 5.76. The second-order valence-corrected chi connectivity index (χ2v) is 6.14. The Morgan fingerprint density at radius 3 is 2.12 bits per heavy atom. The van der Waals surface area contributed by atoms with E-state index in [1.165, 1.54) is 6.92 Å². The zero-order valence-corrected chi connectivity index (χ0v) is 14.2. The lowest BCUT2D eigenvalue weighted by Crippen LogP contribution is -2.45. The predicted octanol–water partition coefficient (Wildman–Crippen LogP) is 5.28. The van der Waals surface area contributed by atoms with E-state index in [0.29, 0.717) is 6.08 Å². The fourth-order valence-electron chi connectivity index (χ4n) is 2.63. The van der Waals surface area contributed by atoms with E-state index in [0.717, 1.165) is 17.1 Å². The molecule has 1 amide bonds. The van der Waals surface area contributed by atoms with E-state index in [4.69, 9.17) is 0 Å². The molecule has 1 fully saturated rings. The smallest absolute Gasteiger partial charge is 0.342 e. The molecule has 1 aliphatic heterocycles. The molecule has 0 unspecified atom stereocenters. The number of likely N-dealkylation sites (tertiary alicyclic amines) is 1. The molecule has 1 aliphatic rings. The minimum Gasteiger partial charge on any atom is -0.342 e. The Hall–Kier alpha value is -1.80. The van der Waals surface area contributed by atoms with Crippen LogP contribution in [0, 0.1) is 0 Å². The van der Waals surface area contributed by atoms with Crippen LogP contribution in [0.2, 0.25) is 0 Å². The fraction of sp³-hybridized carbons (Fsp3) is 0.588. The van der Waals surface area contributed by atoms with Crippen LogP contribution in [0.5, 0.6) is 0 Å². The van der Waals surface area contributed by atoms with Crippen molar-refractivity contribution in [2.45, 2.75) is 50.6 Å². The molecular formula is C17H20F7NO. The Kier molecular flexibility index (Phi) is 7.07. The van der Waals surface area contributed by atoms with Gasteiger partial charge in [-0.2, -0.15) is 26.3 Å². The second kappa shape index (κ2) is 8.26. The van der Waals surface area contributed by atoms with E-state index in [-0.39, 0.29) is 31.5 Å². The number of halogens is 7. The molecule has 0 saturated carbocycles. The van der Waals surface area contributed by atoms with Gasteiger partial charge < -0.3 is 4.90 Å². The van der Waals surface area contributed by atoms with Gasteiger partial charge in [-0.15, -0.1) is 0 Å². The van der Waals surface area contributed by atoms with Crippen LogP contribution in [0.25, 0.3) is 0 Å². The van der Waals surface area contributed by atoms with Crippen molar-refractivity contribution in [3.05, 3.63) is 36.0 Å². The Bertz CT molecular complexity index is 579. The lowest BCUT2D eigenvalue weighted by Gasteiger charge is -2.37. The van der Waals surface area contributed by atoms with Crippen molar-refractivity contribution in [2.24, 2.45) is 0 Å². The summed E-state index contributed by atoms with van der Waals surface area (Å²) in [6.45, 7) is 4.12. The highest BCUT2D eigenvalue weighted by Gasteiger charge is 2.40. The van der Waals surface area contributed by atoms with Crippen LogP contribution in [0.4, 0.5) is 30.7 Å². The highest BCUT2D eigenvalue weighted by Crippen LogP contribution is 2.37. The molecule has 1 heterocycles. The largest absolute Gasteiger partial charge is 0.416 e. The molecule has 1 rings (SSSR count). The average molecular weight is 387 g/mol. The first-order valence-electron chi connectivity index (χ1n) is 7.90. The summed E-state index contributed by atoms with van der Waals surface area (Å²) >= 11 is 0. The van der Waals surface area contributed by atoms with Crippen LogP contribution < -0.4 is 0 Å². The van der Waals surface area contributed by atoms with Crippen LogP contribution in [0.1, 0.15) is 32.6 Å². The summed E-state index contributed by atoms with van der Waals surface area (Å²) in [5.41, 5.74) is -3.25. The molecule has 2 nitrogen and oxygen atoms in total. The van der Waals surface area contributed by atoms with Crippen molar-refractivity contribution in [2.75, 3.05) is 13.1 Å². The molecule has 0 aromatic rings. The number of hydrogen-bond donors (Lipinski definition) is 0. The Labute approximate surface area is 147 Å². The maximum Gasteiger partial charge on any atom is 0.416 e. The maximum atomic E-state index is 15.0. The topological polar surface area (TPSA) is 20.3 Å². The van der Waals surface area contributed by atoms with Gasteiger partial charge in [-0.25, -0.2) is 4.39 Å². The number of alkyl halides is 7. The van der Waals surface area contributed by atoms with Crippen molar-refractivity contribution >= 4 is 5.91 Å². The van der Waals surface area contributed by atoms with E-state index < -0.39 is 42.3 Å². The average Bonchev–Trinajstić information content (AvgIpc) is 2.51. The van der Waals surface area contributed by atoms with Gasteiger partial charge in [-0.3, -0.25) is 4.79 Å². The molecule has 9 heteroatoms. The van der Waals surface area contributed by atoms with E-state index in [2.05, 4.69) is 6.58 Å². The predicted molar refractivity (Wildman–Crippen MR) is 83.0 cm³/mol. The number of allylic oxidation sites excluding steroid dienone is 5. The third-order valence-corrected chi connectivity index (χ3v) is 4.23. The molecule has 0 N–H and O–H groups in total. The number of amides is 1. The summed E-state index contributed by atoms with van der Waals surface area (Å²) < 4.78 is 90.1. The van der Waals surface area contributed by atoms with Crippen molar-refractivity contribution in [3.8, 4) is 0 Å². The van der Waals surface area contributed by atoms with Gasteiger partial charge >= 0.3 is 12.4 Å². The summed E-state index contributed by atoms with van der Waals surface area (Å²) in [4.78, 5) is 12.9. The van der Waals surface area contributed by atoms with Crippen LogP contribution >= 0.6 is 0 Å². The number of rotatable bonds is 5. The number of carbonyl (C=O) groups excluding carboxylic acids is 1. The van der Waals surface area contributed by atoms with Gasteiger partial charge in [0.25, 0.3) is 0 Å². The van der Waals surface area contributed by atoms with Gasteiger partial charge in [0.05, 0.1) is 12.0 Å². The van der Waals surface area contributed by atoms with Gasteiger partial charge in [0, 0.05) is 32.4 Å². The summed E-state index contributed by atoms with van der Waals surface area (Å²) in [5.74, 6) is -0.742. The van der Waals surface area contributed by atoms with Crippen LogP contribution in [0.3, 0.4) is 0 Å². The molecule has 1 saturated heterocycles. The molecule has 26 heavy (non-hydrogen) atoms. The molecule has 148 valence electrons. The van der Waals surface area contributed by atoms with E-state index >= 15 is 0 Å². The van der Waals surface area contributed by atoms with E-state index in [1.54, 1.807) is 0 Å². The van der Waals surface area contributed by atoms with Gasteiger partial charge in [0.2, 0.25) is 5.91 Å². The molecule has 0 spiro atoms. The second-order valence-electron chi connectivity index (χ2n) is 6.14. The summed E-state index contributed by atoms with van der Waals surface area (Å²) in [7, 11) is 0. The molecule has 0 atom stereocenters. The number of piperidine rings is 1. The van der Waals surface area contributed by atoms with Crippen molar-refractivity contribution < 1.29 is 35.5 Å². The standard InChI is InChI=1S/C17H20F7NO/c1-3-4-13(17(22,23)24)11-12(2)15(18)7-9-25(10-8-15)14(26)5-6-16(19,20)21/h3-4,11H,1,5-10H2,2H3/b12-11+,13-4+. The minimum atomic E-state index is -4.67. The van der Waals surface area contributed by atoms with Gasteiger partial charge in [-0.1, -0.05) is 18.7 Å². The summed E-state index contributed by atoms with van der Waals surface area (Å²) in [6, 6.07) is 0. The molecule has 0 aromatic heterocycles. The first-order chi connectivity index (χ1) is 11.8. The van der Waals surface area contributed by atoms with Crippen LogP contribution in [-0.4, -0.2) is 41.9 Å². The highest BCUT2D eigenvalue weighted by atomic mass is 19.4. The van der Waals surface area contributed by atoms with E-state index in [1.807, 2.05) is 0 Å². The van der Waals surface area contributed by atoms with Gasteiger partial charge in [-0.05, 0) is 18.6 Å². The first kappa shape index (κ1) is 22.2. The number of nitrogens with zero attached hydrogens (tertiary/aromatic N) is 1. The maximum absolute atomic E-state index is 15.0. The zero-order valence-electron chi connectivity index (χ0n) is 14.2. The Balaban J connectivity index is 2.77. The number of hydrogen-bond acceptors (Lipinski definition) is 1.